The van der Waals surface area contributed by atoms with Gasteiger partial charge in [-0.25, -0.2) is 4.98 Å². The highest BCUT2D eigenvalue weighted by Crippen LogP contribution is 2.07. The lowest BCUT2D eigenvalue weighted by molar-refractivity contribution is -0.000888. The van der Waals surface area contributed by atoms with Crippen LogP contribution in [0.25, 0.3) is 0 Å². The third-order valence-electron chi connectivity index (χ3n) is 2.15. The fourth-order valence-electron chi connectivity index (χ4n) is 1.30. The Morgan fingerprint density at radius 1 is 1.29 bits per heavy atom. The SMILES string of the molecule is COc1ccc(CNCCOC(C)(C)C)cn1. The zero-order valence-electron chi connectivity index (χ0n) is 11.1. The molecule has 0 aromatic carbocycles. The molecule has 0 spiro atoms. The molecule has 0 radical (unpaired) electrons. The van der Waals surface area contributed by atoms with E-state index in [2.05, 4.69) is 31.1 Å². The molecule has 0 fully saturated rings. The molecule has 0 saturated heterocycles. The van der Waals surface area contributed by atoms with Crippen LogP contribution in [0.3, 0.4) is 0 Å². The van der Waals surface area contributed by atoms with Gasteiger partial charge < -0.3 is 14.8 Å². The van der Waals surface area contributed by atoms with Crippen molar-refractivity contribution in [3.63, 3.8) is 0 Å². The van der Waals surface area contributed by atoms with Crippen LogP contribution in [-0.4, -0.2) is 30.8 Å². The van der Waals surface area contributed by atoms with E-state index in [1.54, 1.807) is 7.11 Å². The predicted molar refractivity (Wildman–Crippen MR) is 68.2 cm³/mol. The maximum atomic E-state index is 5.61. The van der Waals surface area contributed by atoms with Crippen LogP contribution in [-0.2, 0) is 11.3 Å². The van der Waals surface area contributed by atoms with Gasteiger partial charge in [0.25, 0.3) is 0 Å². The number of hydrogen-bond donors (Lipinski definition) is 1. The van der Waals surface area contributed by atoms with Crippen LogP contribution in [0.15, 0.2) is 18.3 Å². The Morgan fingerprint density at radius 2 is 2.06 bits per heavy atom. The van der Waals surface area contributed by atoms with Crippen molar-refractivity contribution in [1.29, 1.82) is 0 Å². The second-order valence-corrected chi connectivity index (χ2v) is 4.85. The van der Waals surface area contributed by atoms with Gasteiger partial charge >= 0.3 is 0 Å². The van der Waals surface area contributed by atoms with Gasteiger partial charge in [-0.2, -0.15) is 0 Å². The summed E-state index contributed by atoms with van der Waals surface area (Å²) in [6.07, 6.45) is 1.82. The Balaban J connectivity index is 2.18. The minimum absolute atomic E-state index is 0.0661. The van der Waals surface area contributed by atoms with E-state index < -0.39 is 0 Å². The van der Waals surface area contributed by atoms with Gasteiger partial charge in [0.15, 0.2) is 0 Å². The summed E-state index contributed by atoms with van der Waals surface area (Å²) < 4.78 is 10.6. The number of methoxy groups -OCH3 is 1. The second-order valence-electron chi connectivity index (χ2n) is 4.85. The van der Waals surface area contributed by atoms with Gasteiger partial charge in [-0.15, -0.1) is 0 Å². The smallest absolute Gasteiger partial charge is 0.212 e. The van der Waals surface area contributed by atoms with Crippen LogP contribution in [0.4, 0.5) is 0 Å². The minimum Gasteiger partial charge on any atom is -0.481 e. The first-order valence-corrected chi connectivity index (χ1v) is 5.85. The van der Waals surface area contributed by atoms with Crippen molar-refractivity contribution in [3.8, 4) is 5.88 Å². The Bertz CT molecular complexity index is 317. The number of nitrogens with zero attached hydrogens (tertiary/aromatic N) is 1. The summed E-state index contributed by atoms with van der Waals surface area (Å²) in [6.45, 7) is 8.52. The average molecular weight is 238 g/mol. The van der Waals surface area contributed by atoms with E-state index in [1.807, 2.05) is 18.3 Å². The summed E-state index contributed by atoms with van der Waals surface area (Å²) in [5.74, 6) is 0.643. The molecule has 0 aliphatic rings. The molecule has 0 unspecified atom stereocenters. The van der Waals surface area contributed by atoms with Crippen molar-refractivity contribution in [3.05, 3.63) is 23.9 Å². The largest absolute Gasteiger partial charge is 0.481 e. The van der Waals surface area contributed by atoms with Crippen LogP contribution < -0.4 is 10.1 Å². The summed E-state index contributed by atoms with van der Waals surface area (Å²) in [6, 6.07) is 3.87. The van der Waals surface area contributed by atoms with Gasteiger partial charge in [0.1, 0.15) is 0 Å². The first-order valence-electron chi connectivity index (χ1n) is 5.85. The van der Waals surface area contributed by atoms with E-state index in [0.717, 1.165) is 18.7 Å². The number of rotatable bonds is 6. The number of hydrogen-bond acceptors (Lipinski definition) is 4. The molecule has 0 saturated carbocycles. The minimum atomic E-state index is -0.0661. The van der Waals surface area contributed by atoms with Gasteiger partial charge in [-0.1, -0.05) is 6.07 Å². The van der Waals surface area contributed by atoms with Crippen molar-refractivity contribution in [2.45, 2.75) is 32.9 Å². The highest BCUT2D eigenvalue weighted by Gasteiger charge is 2.08. The summed E-state index contributed by atoms with van der Waals surface area (Å²) in [4.78, 5) is 4.14. The van der Waals surface area contributed by atoms with Crippen LogP contribution in [0, 0.1) is 0 Å². The molecule has 4 nitrogen and oxygen atoms in total. The van der Waals surface area contributed by atoms with E-state index in [-0.39, 0.29) is 5.60 Å². The Morgan fingerprint density at radius 3 is 2.59 bits per heavy atom. The molecule has 1 aromatic rings. The molecule has 1 aromatic heterocycles. The summed E-state index contributed by atoms with van der Waals surface area (Å²) in [7, 11) is 1.62. The van der Waals surface area contributed by atoms with Crippen LogP contribution in [0.1, 0.15) is 26.3 Å². The topological polar surface area (TPSA) is 43.4 Å². The van der Waals surface area contributed by atoms with Gasteiger partial charge in [0.05, 0.1) is 19.3 Å². The van der Waals surface area contributed by atoms with E-state index in [1.165, 1.54) is 0 Å². The first kappa shape index (κ1) is 13.9. The lowest BCUT2D eigenvalue weighted by atomic mass is 10.2. The molecular weight excluding hydrogens is 216 g/mol. The Labute approximate surface area is 103 Å². The molecule has 0 atom stereocenters. The molecule has 0 bridgehead atoms. The third kappa shape index (κ3) is 6.24. The maximum absolute atomic E-state index is 5.61. The lowest BCUT2D eigenvalue weighted by Crippen LogP contribution is -2.26. The summed E-state index contributed by atoms with van der Waals surface area (Å²) in [5, 5.41) is 3.31. The highest BCUT2D eigenvalue weighted by molar-refractivity contribution is 5.17. The van der Waals surface area contributed by atoms with Crippen molar-refractivity contribution in [2.24, 2.45) is 0 Å². The van der Waals surface area contributed by atoms with Crippen LogP contribution in [0.5, 0.6) is 5.88 Å². The maximum Gasteiger partial charge on any atom is 0.212 e. The summed E-state index contributed by atoms with van der Waals surface area (Å²) >= 11 is 0. The predicted octanol–water partition coefficient (Wildman–Crippen LogP) is 1.99. The first-order chi connectivity index (χ1) is 8.01. The third-order valence-corrected chi connectivity index (χ3v) is 2.15. The second kappa shape index (κ2) is 6.57. The zero-order valence-corrected chi connectivity index (χ0v) is 11.1. The standard InChI is InChI=1S/C13H22N2O2/c1-13(2,3)17-8-7-14-9-11-5-6-12(16-4)15-10-11/h5-6,10,14H,7-9H2,1-4H3. The molecule has 0 aliphatic carbocycles. The van der Waals surface area contributed by atoms with Crippen molar-refractivity contribution in [1.82, 2.24) is 10.3 Å². The Kier molecular flexibility index (Phi) is 5.38. The monoisotopic (exact) mass is 238 g/mol. The molecule has 1 rings (SSSR count). The molecule has 0 amide bonds. The number of ether oxygens (including phenoxy) is 2. The number of nitrogens with one attached hydrogen (secondary N) is 1. The summed E-state index contributed by atoms with van der Waals surface area (Å²) in [5.41, 5.74) is 1.07. The van der Waals surface area contributed by atoms with Crippen molar-refractivity contribution < 1.29 is 9.47 Å². The van der Waals surface area contributed by atoms with Crippen molar-refractivity contribution in [2.75, 3.05) is 20.3 Å². The van der Waals surface area contributed by atoms with Gasteiger partial charge in [0, 0.05) is 25.4 Å². The average Bonchev–Trinajstić information content (AvgIpc) is 2.28. The van der Waals surface area contributed by atoms with Crippen LogP contribution >= 0.6 is 0 Å². The fraction of sp³-hybridized carbons (Fsp3) is 0.615. The highest BCUT2D eigenvalue weighted by atomic mass is 16.5. The molecule has 1 heterocycles. The van der Waals surface area contributed by atoms with E-state index in [9.17, 15) is 0 Å². The van der Waals surface area contributed by atoms with Crippen molar-refractivity contribution >= 4 is 0 Å². The quantitative estimate of drug-likeness (QED) is 0.770. The molecular formula is C13H22N2O2. The Hall–Kier alpha value is -1.13. The molecule has 96 valence electrons. The van der Waals surface area contributed by atoms with Gasteiger partial charge in [-0.3, -0.25) is 0 Å². The zero-order chi connectivity index (χ0) is 12.7. The molecule has 0 aliphatic heterocycles. The molecule has 1 N–H and O–H groups in total. The van der Waals surface area contributed by atoms with E-state index in [4.69, 9.17) is 9.47 Å². The normalized spacial score (nSPS) is 11.5. The van der Waals surface area contributed by atoms with E-state index >= 15 is 0 Å². The van der Waals surface area contributed by atoms with Gasteiger partial charge in [0.2, 0.25) is 5.88 Å². The van der Waals surface area contributed by atoms with Gasteiger partial charge in [-0.05, 0) is 26.3 Å². The van der Waals surface area contributed by atoms with Crippen LogP contribution in [0.2, 0.25) is 0 Å². The number of pyridine rings is 1. The molecule has 4 heteroatoms. The molecule has 17 heavy (non-hydrogen) atoms. The fourth-order valence-corrected chi connectivity index (χ4v) is 1.30. The number of aromatic nitrogens is 1. The lowest BCUT2D eigenvalue weighted by Gasteiger charge is -2.19. The van der Waals surface area contributed by atoms with E-state index in [0.29, 0.717) is 12.5 Å².